The smallest absolute Gasteiger partial charge is 0.0558 e. The second-order valence-corrected chi connectivity index (χ2v) is 10.3. The van der Waals surface area contributed by atoms with Crippen molar-refractivity contribution in [2.24, 2.45) is 0 Å². The van der Waals surface area contributed by atoms with Crippen LogP contribution < -0.4 is 0 Å². The zero-order chi connectivity index (χ0) is 23.4. The van der Waals surface area contributed by atoms with E-state index in [1.54, 1.807) is 0 Å². The minimum Gasteiger partial charge on any atom is -0.395 e. The van der Waals surface area contributed by atoms with E-state index < -0.39 is 0 Å². The molecule has 0 rings (SSSR count). The predicted octanol–water partition coefficient (Wildman–Crippen LogP) is 9.68. The van der Waals surface area contributed by atoms with E-state index >= 15 is 0 Å². The Morgan fingerprint density at radius 3 is 0.844 bits per heavy atom. The van der Waals surface area contributed by atoms with Gasteiger partial charge in [0.05, 0.1) is 6.61 Å². The highest BCUT2D eigenvalue weighted by molar-refractivity contribution is 4.59. The van der Waals surface area contributed by atoms with Crippen LogP contribution in [0, 0.1) is 0 Å². The highest BCUT2D eigenvalue weighted by atomic mass is 16.3. The maximum Gasteiger partial charge on any atom is 0.0558 e. The van der Waals surface area contributed by atoms with Crippen LogP contribution in [0.25, 0.3) is 0 Å². The molecule has 0 aliphatic rings. The van der Waals surface area contributed by atoms with Gasteiger partial charge >= 0.3 is 0 Å². The molecular formula is C30H63NO. The molecule has 194 valence electrons. The number of unbranched alkanes of at least 4 members (excludes halogenated alkanes) is 22. The van der Waals surface area contributed by atoms with E-state index in [9.17, 15) is 5.11 Å². The summed E-state index contributed by atoms with van der Waals surface area (Å²) >= 11 is 0. The maximum atomic E-state index is 9.38. The van der Waals surface area contributed by atoms with Gasteiger partial charge in [-0.1, -0.05) is 155 Å². The van der Waals surface area contributed by atoms with Crippen LogP contribution in [0.1, 0.15) is 168 Å². The van der Waals surface area contributed by atoms with Crippen LogP contribution in [0.3, 0.4) is 0 Å². The van der Waals surface area contributed by atoms with Gasteiger partial charge in [0, 0.05) is 6.54 Å². The molecule has 0 saturated heterocycles. The summed E-state index contributed by atoms with van der Waals surface area (Å²) in [6.07, 6.45) is 34.0. The molecule has 32 heavy (non-hydrogen) atoms. The molecule has 2 nitrogen and oxygen atoms in total. The van der Waals surface area contributed by atoms with Crippen LogP contribution >= 0.6 is 0 Å². The third kappa shape index (κ3) is 26.2. The molecule has 0 bridgehead atoms. The topological polar surface area (TPSA) is 23.5 Å². The lowest BCUT2D eigenvalue weighted by Crippen LogP contribution is -2.29. The Morgan fingerprint density at radius 2 is 0.594 bits per heavy atom. The van der Waals surface area contributed by atoms with Crippen molar-refractivity contribution in [1.29, 1.82) is 0 Å². The van der Waals surface area contributed by atoms with E-state index in [-0.39, 0.29) is 0 Å². The van der Waals surface area contributed by atoms with Crippen molar-refractivity contribution in [2.45, 2.75) is 168 Å². The lowest BCUT2D eigenvalue weighted by Gasteiger charge is -2.21. The molecule has 0 fully saturated rings. The summed E-state index contributed by atoms with van der Waals surface area (Å²) in [5.41, 5.74) is 0. The number of rotatable bonds is 28. The molecule has 0 aliphatic carbocycles. The monoisotopic (exact) mass is 453 g/mol. The lowest BCUT2D eigenvalue weighted by molar-refractivity contribution is 0.190. The average Bonchev–Trinajstić information content (AvgIpc) is 2.80. The third-order valence-corrected chi connectivity index (χ3v) is 7.07. The fourth-order valence-corrected chi connectivity index (χ4v) is 4.83. The SMILES string of the molecule is CCCCCCCCCCCCCCN(CCO)CCCCCCCCCCCCCC. The summed E-state index contributed by atoms with van der Waals surface area (Å²) in [5.74, 6) is 0. The van der Waals surface area contributed by atoms with E-state index in [2.05, 4.69) is 18.7 Å². The Kier molecular flexibility index (Phi) is 28.9. The quantitative estimate of drug-likeness (QED) is 0.119. The Balaban J connectivity index is 3.39. The van der Waals surface area contributed by atoms with Gasteiger partial charge in [0.15, 0.2) is 0 Å². The normalized spacial score (nSPS) is 11.6. The van der Waals surface area contributed by atoms with Crippen molar-refractivity contribution in [3.05, 3.63) is 0 Å². The number of hydrogen-bond acceptors (Lipinski definition) is 2. The van der Waals surface area contributed by atoms with Crippen LogP contribution in [0.4, 0.5) is 0 Å². The fourth-order valence-electron chi connectivity index (χ4n) is 4.83. The van der Waals surface area contributed by atoms with Crippen molar-refractivity contribution in [2.75, 3.05) is 26.2 Å². The first-order chi connectivity index (χ1) is 15.8. The first-order valence-corrected chi connectivity index (χ1v) is 15.2. The molecule has 0 radical (unpaired) electrons. The van der Waals surface area contributed by atoms with Gasteiger partial charge in [0.1, 0.15) is 0 Å². The van der Waals surface area contributed by atoms with Crippen LogP contribution in [-0.2, 0) is 0 Å². The van der Waals surface area contributed by atoms with E-state index in [0.29, 0.717) is 6.61 Å². The second-order valence-electron chi connectivity index (χ2n) is 10.3. The van der Waals surface area contributed by atoms with Crippen molar-refractivity contribution in [3.8, 4) is 0 Å². The average molecular weight is 454 g/mol. The van der Waals surface area contributed by atoms with Crippen LogP contribution in [0.2, 0.25) is 0 Å². The zero-order valence-electron chi connectivity index (χ0n) is 22.7. The maximum absolute atomic E-state index is 9.38. The zero-order valence-corrected chi connectivity index (χ0v) is 22.7. The molecule has 0 aliphatic heterocycles. The molecular weight excluding hydrogens is 390 g/mol. The summed E-state index contributed by atoms with van der Waals surface area (Å²) in [7, 11) is 0. The van der Waals surface area contributed by atoms with Gasteiger partial charge in [-0.3, -0.25) is 0 Å². The number of aliphatic hydroxyl groups excluding tert-OH is 1. The summed E-state index contributed by atoms with van der Waals surface area (Å²) in [4.78, 5) is 2.51. The second kappa shape index (κ2) is 29.0. The van der Waals surface area contributed by atoms with Gasteiger partial charge in [0.2, 0.25) is 0 Å². The lowest BCUT2D eigenvalue weighted by atomic mass is 10.0. The van der Waals surface area contributed by atoms with E-state index in [0.717, 1.165) is 6.54 Å². The molecule has 0 aromatic heterocycles. The van der Waals surface area contributed by atoms with Crippen molar-refractivity contribution < 1.29 is 5.11 Å². The Hall–Kier alpha value is -0.0800. The van der Waals surface area contributed by atoms with Gasteiger partial charge in [0.25, 0.3) is 0 Å². The predicted molar refractivity (Wildman–Crippen MR) is 146 cm³/mol. The Bertz CT molecular complexity index is 292. The fraction of sp³-hybridized carbons (Fsp3) is 1.00. The molecule has 0 heterocycles. The molecule has 0 aromatic carbocycles. The summed E-state index contributed by atoms with van der Waals surface area (Å²) < 4.78 is 0. The van der Waals surface area contributed by atoms with Crippen molar-refractivity contribution >= 4 is 0 Å². The first-order valence-electron chi connectivity index (χ1n) is 15.2. The Labute approximate surface area is 204 Å². The Morgan fingerprint density at radius 1 is 0.344 bits per heavy atom. The molecule has 0 amide bonds. The van der Waals surface area contributed by atoms with Crippen molar-refractivity contribution in [1.82, 2.24) is 4.90 Å². The van der Waals surface area contributed by atoms with Gasteiger partial charge in [-0.2, -0.15) is 0 Å². The largest absolute Gasteiger partial charge is 0.395 e. The van der Waals surface area contributed by atoms with Crippen LogP contribution in [0.5, 0.6) is 0 Å². The molecule has 2 heteroatoms. The van der Waals surface area contributed by atoms with Crippen molar-refractivity contribution in [3.63, 3.8) is 0 Å². The van der Waals surface area contributed by atoms with E-state index in [4.69, 9.17) is 0 Å². The number of hydrogen-bond donors (Lipinski definition) is 1. The van der Waals surface area contributed by atoms with Gasteiger partial charge in [-0.15, -0.1) is 0 Å². The molecule has 0 saturated carbocycles. The number of aliphatic hydroxyl groups is 1. The molecule has 1 N–H and O–H groups in total. The first kappa shape index (κ1) is 31.9. The minimum atomic E-state index is 0.316. The standard InChI is InChI=1S/C30H63NO/c1-3-5-7-9-11-13-15-17-19-21-23-25-27-31(29-30-32)28-26-24-22-20-18-16-14-12-10-8-6-4-2/h32H,3-30H2,1-2H3. The molecule has 0 atom stereocenters. The van der Waals surface area contributed by atoms with Gasteiger partial charge in [-0.05, 0) is 25.9 Å². The molecule has 0 unspecified atom stereocenters. The third-order valence-electron chi connectivity index (χ3n) is 7.07. The summed E-state index contributed by atoms with van der Waals surface area (Å²) in [5, 5.41) is 9.38. The van der Waals surface area contributed by atoms with Gasteiger partial charge < -0.3 is 10.0 Å². The minimum absolute atomic E-state index is 0.316. The van der Waals surface area contributed by atoms with E-state index in [1.807, 2.05) is 0 Å². The highest BCUT2D eigenvalue weighted by Crippen LogP contribution is 2.14. The summed E-state index contributed by atoms with van der Waals surface area (Å²) in [6.45, 7) is 8.16. The van der Waals surface area contributed by atoms with Gasteiger partial charge in [-0.25, -0.2) is 0 Å². The molecule has 0 spiro atoms. The van der Waals surface area contributed by atoms with Crippen LogP contribution in [0.15, 0.2) is 0 Å². The van der Waals surface area contributed by atoms with Crippen LogP contribution in [-0.4, -0.2) is 36.2 Å². The highest BCUT2D eigenvalue weighted by Gasteiger charge is 2.04. The van der Waals surface area contributed by atoms with E-state index in [1.165, 1.54) is 167 Å². The summed E-state index contributed by atoms with van der Waals surface area (Å²) in [6, 6.07) is 0. The number of nitrogens with zero attached hydrogens (tertiary/aromatic N) is 1. The molecule has 0 aromatic rings.